The first-order chi connectivity index (χ1) is 9.27. The molecule has 6 heteroatoms. The standard InChI is InChI=1S/C14H14BrFN2O2/c1-14(2,3)18-5-4-17-12(13(18)19)20-11-7-9(15)6-10(16)8-11/h4-8H,1-3H3. The molecular weight excluding hydrogens is 327 g/mol. The maximum Gasteiger partial charge on any atom is 0.314 e. The van der Waals surface area contributed by atoms with E-state index in [9.17, 15) is 9.18 Å². The highest BCUT2D eigenvalue weighted by molar-refractivity contribution is 9.10. The van der Waals surface area contributed by atoms with Gasteiger partial charge in [-0.3, -0.25) is 4.79 Å². The van der Waals surface area contributed by atoms with Crippen molar-refractivity contribution in [2.45, 2.75) is 26.3 Å². The van der Waals surface area contributed by atoms with Crippen LogP contribution in [0.2, 0.25) is 0 Å². The van der Waals surface area contributed by atoms with Crippen LogP contribution in [0.1, 0.15) is 20.8 Å². The highest BCUT2D eigenvalue weighted by Crippen LogP contribution is 2.23. The third-order valence-electron chi connectivity index (χ3n) is 2.58. The lowest BCUT2D eigenvalue weighted by molar-refractivity contribution is 0.362. The minimum atomic E-state index is -0.457. The molecule has 0 saturated heterocycles. The molecule has 20 heavy (non-hydrogen) atoms. The lowest BCUT2D eigenvalue weighted by Gasteiger charge is -2.22. The number of hydrogen-bond donors (Lipinski definition) is 0. The van der Waals surface area contributed by atoms with E-state index in [0.717, 1.165) is 0 Å². The van der Waals surface area contributed by atoms with E-state index in [1.807, 2.05) is 20.8 Å². The Morgan fingerprint density at radius 1 is 1.30 bits per heavy atom. The summed E-state index contributed by atoms with van der Waals surface area (Å²) in [5.74, 6) is -0.325. The normalized spacial score (nSPS) is 11.4. The van der Waals surface area contributed by atoms with Crippen molar-refractivity contribution in [1.29, 1.82) is 0 Å². The average molecular weight is 341 g/mol. The second kappa shape index (κ2) is 5.36. The molecule has 4 nitrogen and oxygen atoms in total. The van der Waals surface area contributed by atoms with E-state index in [1.54, 1.807) is 12.3 Å². The van der Waals surface area contributed by atoms with Crippen molar-refractivity contribution in [2.24, 2.45) is 0 Å². The lowest BCUT2D eigenvalue weighted by atomic mass is 10.1. The highest BCUT2D eigenvalue weighted by atomic mass is 79.9. The van der Waals surface area contributed by atoms with Crippen molar-refractivity contribution in [3.8, 4) is 11.6 Å². The third kappa shape index (κ3) is 3.25. The molecule has 1 aromatic heterocycles. The van der Waals surface area contributed by atoms with Gasteiger partial charge in [-0.1, -0.05) is 15.9 Å². The molecule has 0 N–H and O–H groups in total. The molecule has 106 valence electrons. The number of ether oxygens (including phenoxy) is 1. The number of hydrogen-bond acceptors (Lipinski definition) is 3. The summed E-state index contributed by atoms with van der Waals surface area (Å²) in [6.07, 6.45) is 3.08. The molecule has 0 aliphatic heterocycles. The number of halogens is 2. The molecular formula is C14H14BrFN2O2. The van der Waals surface area contributed by atoms with Gasteiger partial charge in [0.15, 0.2) is 0 Å². The Labute approximate surface area is 124 Å². The molecule has 0 unspecified atom stereocenters. The summed E-state index contributed by atoms with van der Waals surface area (Å²) in [6, 6.07) is 4.07. The molecule has 0 spiro atoms. The molecule has 0 fully saturated rings. The van der Waals surface area contributed by atoms with Crippen LogP contribution in [0.5, 0.6) is 11.6 Å². The zero-order valence-electron chi connectivity index (χ0n) is 11.4. The fourth-order valence-corrected chi connectivity index (χ4v) is 2.14. The van der Waals surface area contributed by atoms with Crippen LogP contribution < -0.4 is 10.3 Å². The van der Waals surface area contributed by atoms with Gasteiger partial charge in [0.1, 0.15) is 11.6 Å². The zero-order chi connectivity index (χ0) is 14.9. The summed E-state index contributed by atoms with van der Waals surface area (Å²) in [7, 11) is 0. The molecule has 0 aliphatic rings. The highest BCUT2D eigenvalue weighted by Gasteiger charge is 2.17. The van der Waals surface area contributed by atoms with E-state index in [-0.39, 0.29) is 22.7 Å². The van der Waals surface area contributed by atoms with E-state index < -0.39 is 5.82 Å². The van der Waals surface area contributed by atoms with E-state index in [2.05, 4.69) is 20.9 Å². The maximum absolute atomic E-state index is 13.3. The molecule has 1 aromatic carbocycles. The van der Waals surface area contributed by atoms with Gasteiger partial charge in [-0.2, -0.15) is 0 Å². The zero-order valence-corrected chi connectivity index (χ0v) is 12.9. The van der Waals surface area contributed by atoms with Gasteiger partial charge in [0.2, 0.25) is 0 Å². The van der Waals surface area contributed by atoms with Gasteiger partial charge in [0, 0.05) is 28.5 Å². The van der Waals surface area contributed by atoms with Crippen molar-refractivity contribution in [2.75, 3.05) is 0 Å². The summed E-state index contributed by atoms with van der Waals surface area (Å²) in [5.41, 5.74) is -0.749. The Hall–Kier alpha value is -1.69. The second-order valence-electron chi connectivity index (χ2n) is 5.29. The van der Waals surface area contributed by atoms with E-state index in [4.69, 9.17) is 4.74 Å². The van der Waals surface area contributed by atoms with Crippen molar-refractivity contribution in [3.05, 3.63) is 51.2 Å². The molecule has 1 heterocycles. The Bertz CT molecular complexity index is 672. The Morgan fingerprint density at radius 2 is 2.00 bits per heavy atom. The van der Waals surface area contributed by atoms with Gasteiger partial charge in [0.25, 0.3) is 5.88 Å². The number of rotatable bonds is 2. The summed E-state index contributed by atoms with van der Waals surface area (Å²) < 4.78 is 20.7. The fourth-order valence-electron chi connectivity index (χ4n) is 1.69. The molecule has 0 atom stereocenters. The summed E-state index contributed by atoms with van der Waals surface area (Å²) in [4.78, 5) is 16.2. The number of nitrogens with zero attached hydrogens (tertiary/aromatic N) is 2. The Morgan fingerprint density at radius 3 is 2.60 bits per heavy atom. The number of aromatic nitrogens is 2. The van der Waals surface area contributed by atoms with Crippen molar-refractivity contribution in [1.82, 2.24) is 9.55 Å². The smallest absolute Gasteiger partial charge is 0.314 e. The van der Waals surface area contributed by atoms with E-state index in [1.165, 1.54) is 22.9 Å². The number of benzene rings is 1. The van der Waals surface area contributed by atoms with Crippen LogP contribution in [0.15, 0.2) is 39.9 Å². The molecule has 0 aliphatic carbocycles. The van der Waals surface area contributed by atoms with E-state index in [0.29, 0.717) is 4.47 Å². The topological polar surface area (TPSA) is 44.1 Å². The molecule has 0 radical (unpaired) electrons. The van der Waals surface area contributed by atoms with Crippen LogP contribution in [0, 0.1) is 5.82 Å². The van der Waals surface area contributed by atoms with Crippen LogP contribution in [-0.2, 0) is 5.54 Å². The minimum absolute atomic E-state index is 0.0834. The molecule has 0 saturated carbocycles. The van der Waals surface area contributed by atoms with Crippen molar-refractivity contribution in [3.63, 3.8) is 0 Å². The van der Waals surface area contributed by atoms with Gasteiger partial charge >= 0.3 is 5.56 Å². The first-order valence-corrected chi connectivity index (χ1v) is 6.79. The van der Waals surface area contributed by atoms with Gasteiger partial charge < -0.3 is 9.30 Å². The second-order valence-corrected chi connectivity index (χ2v) is 6.20. The summed E-state index contributed by atoms with van der Waals surface area (Å²) >= 11 is 3.17. The molecule has 2 aromatic rings. The van der Waals surface area contributed by atoms with Crippen LogP contribution in [0.3, 0.4) is 0 Å². The minimum Gasteiger partial charge on any atom is -0.434 e. The molecule has 0 bridgehead atoms. The summed E-state index contributed by atoms with van der Waals surface area (Å²) in [6.45, 7) is 5.70. The monoisotopic (exact) mass is 340 g/mol. The first kappa shape index (κ1) is 14.7. The predicted octanol–water partition coefficient (Wildman–Crippen LogP) is 3.69. The summed E-state index contributed by atoms with van der Waals surface area (Å²) in [5, 5.41) is 0. The van der Waals surface area contributed by atoms with Gasteiger partial charge in [-0.25, -0.2) is 9.37 Å². The largest absolute Gasteiger partial charge is 0.434 e. The Kier molecular flexibility index (Phi) is 3.94. The van der Waals surface area contributed by atoms with Crippen molar-refractivity contribution >= 4 is 15.9 Å². The first-order valence-electron chi connectivity index (χ1n) is 5.99. The van der Waals surface area contributed by atoms with Crippen molar-refractivity contribution < 1.29 is 9.13 Å². The van der Waals surface area contributed by atoms with Gasteiger partial charge in [-0.05, 0) is 32.9 Å². The fraction of sp³-hybridized carbons (Fsp3) is 0.286. The predicted molar refractivity (Wildman–Crippen MR) is 77.7 cm³/mol. The van der Waals surface area contributed by atoms with Gasteiger partial charge in [-0.15, -0.1) is 0 Å². The Balaban J connectivity index is 2.42. The molecule has 2 rings (SSSR count). The average Bonchev–Trinajstić information content (AvgIpc) is 2.29. The van der Waals surface area contributed by atoms with Crippen LogP contribution in [0.4, 0.5) is 4.39 Å². The third-order valence-corrected chi connectivity index (χ3v) is 3.04. The molecule has 0 amide bonds. The SMILES string of the molecule is CC(C)(C)n1ccnc(Oc2cc(F)cc(Br)c2)c1=O. The quantitative estimate of drug-likeness (QED) is 0.837. The van der Waals surface area contributed by atoms with Crippen LogP contribution in [-0.4, -0.2) is 9.55 Å². The van der Waals surface area contributed by atoms with E-state index >= 15 is 0 Å². The maximum atomic E-state index is 13.3. The van der Waals surface area contributed by atoms with Gasteiger partial charge in [0.05, 0.1) is 0 Å². The lowest BCUT2D eigenvalue weighted by Crippen LogP contribution is -2.34. The van der Waals surface area contributed by atoms with Crippen LogP contribution >= 0.6 is 15.9 Å². The van der Waals surface area contributed by atoms with Crippen LogP contribution in [0.25, 0.3) is 0 Å².